The minimum atomic E-state index is 0.141. The number of benzene rings is 1. The lowest BCUT2D eigenvalue weighted by molar-refractivity contribution is -0.127. The molecule has 0 spiro atoms. The second-order valence-corrected chi connectivity index (χ2v) is 6.76. The third-order valence-corrected chi connectivity index (χ3v) is 4.75. The van der Waals surface area contributed by atoms with Crippen molar-refractivity contribution in [1.82, 2.24) is 9.88 Å². The van der Waals surface area contributed by atoms with Crippen molar-refractivity contribution in [2.24, 2.45) is 0 Å². The average molecular weight is 333 g/mol. The van der Waals surface area contributed by atoms with E-state index in [1.807, 2.05) is 19.2 Å². The van der Waals surface area contributed by atoms with Crippen LogP contribution in [0.2, 0.25) is 5.15 Å². The number of aromatic nitrogens is 1. The van der Waals surface area contributed by atoms with Crippen LogP contribution in [0.4, 0.5) is 0 Å². The number of hydrogen-bond acceptors (Lipinski definition) is 3. The summed E-state index contributed by atoms with van der Waals surface area (Å²) >= 11 is 6.07. The topological polar surface area (TPSA) is 42.4 Å². The molecule has 0 saturated carbocycles. The Kier molecular flexibility index (Phi) is 4.44. The minimum Gasteiger partial charge on any atom is -0.491 e. The van der Waals surface area contributed by atoms with Crippen molar-refractivity contribution in [1.29, 1.82) is 0 Å². The summed E-state index contributed by atoms with van der Waals surface area (Å²) in [7, 11) is 1.84. The lowest BCUT2D eigenvalue weighted by Crippen LogP contribution is -2.33. The molecule has 1 amide bonds. The van der Waals surface area contributed by atoms with E-state index in [2.05, 4.69) is 24.9 Å². The molecule has 1 atom stereocenters. The van der Waals surface area contributed by atoms with Crippen LogP contribution in [0.15, 0.2) is 24.4 Å². The zero-order valence-electron chi connectivity index (χ0n) is 13.7. The first-order chi connectivity index (χ1) is 11.0. The Morgan fingerprint density at radius 3 is 2.83 bits per heavy atom. The Hall–Kier alpha value is -1.81. The first-order valence-electron chi connectivity index (χ1n) is 7.94. The number of pyridine rings is 1. The molecule has 23 heavy (non-hydrogen) atoms. The van der Waals surface area contributed by atoms with Crippen LogP contribution in [0.3, 0.4) is 0 Å². The Morgan fingerprint density at radius 2 is 2.17 bits per heavy atom. The number of carbonyl (C=O) groups excluding carboxylic acids is 1. The van der Waals surface area contributed by atoms with Gasteiger partial charge in [0.05, 0.1) is 6.04 Å². The standard InChI is InChI=1S/C18H21ClN2O2/c1-11(2)13-5-6-16(15-9-20-17(19)8-14(13)15)23-10-12-4-7-18(22)21(12)3/h5-6,8-9,11-12H,4,7,10H2,1-3H3/t12-/m0/s1. The van der Waals surface area contributed by atoms with E-state index in [1.54, 1.807) is 11.1 Å². The number of rotatable bonds is 4. The molecule has 3 rings (SSSR count). The quantitative estimate of drug-likeness (QED) is 0.794. The van der Waals surface area contributed by atoms with Gasteiger partial charge in [-0.2, -0.15) is 0 Å². The number of likely N-dealkylation sites (N-methyl/N-ethyl adjacent to an activating group) is 1. The van der Waals surface area contributed by atoms with E-state index in [-0.39, 0.29) is 11.9 Å². The van der Waals surface area contributed by atoms with Crippen LogP contribution in [0.5, 0.6) is 5.75 Å². The van der Waals surface area contributed by atoms with E-state index >= 15 is 0 Å². The van der Waals surface area contributed by atoms with Gasteiger partial charge in [0.1, 0.15) is 17.5 Å². The highest BCUT2D eigenvalue weighted by molar-refractivity contribution is 6.30. The van der Waals surface area contributed by atoms with E-state index in [1.165, 1.54) is 5.56 Å². The van der Waals surface area contributed by atoms with Crippen LogP contribution in [-0.4, -0.2) is 35.5 Å². The third kappa shape index (κ3) is 3.13. The highest BCUT2D eigenvalue weighted by Gasteiger charge is 2.28. The summed E-state index contributed by atoms with van der Waals surface area (Å²) in [6.45, 7) is 4.81. The zero-order chi connectivity index (χ0) is 16.6. The molecule has 1 aliphatic heterocycles. The van der Waals surface area contributed by atoms with Gasteiger partial charge < -0.3 is 9.64 Å². The van der Waals surface area contributed by atoms with Gasteiger partial charge in [-0.25, -0.2) is 4.98 Å². The molecule has 2 heterocycles. The van der Waals surface area contributed by atoms with Gasteiger partial charge in [-0.1, -0.05) is 31.5 Å². The smallest absolute Gasteiger partial charge is 0.222 e. The van der Waals surface area contributed by atoms with Gasteiger partial charge in [-0.15, -0.1) is 0 Å². The Balaban J connectivity index is 1.90. The highest BCUT2D eigenvalue weighted by atomic mass is 35.5. The molecule has 2 aromatic rings. The van der Waals surface area contributed by atoms with Crippen LogP contribution in [0.25, 0.3) is 10.8 Å². The summed E-state index contributed by atoms with van der Waals surface area (Å²) in [5.41, 5.74) is 1.23. The highest BCUT2D eigenvalue weighted by Crippen LogP contribution is 2.33. The van der Waals surface area contributed by atoms with Crippen LogP contribution in [0, 0.1) is 0 Å². The monoisotopic (exact) mass is 332 g/mol. The van der Waals surface area contributed by atoms with Crippen LogP contribution < -0.4 is 4.74 Å². The molecule has 5 heteroatoms. The van der Waals surface area contributed by atoms with Crippen molar-refractivity contribution >= 4 is 28.3 Å². The summed E-state index contributed by atoms with van der Waals surface area (Å²) in [5.74, 6) is 1.37. The van der Waals surface area contributed by atoms with Crippen LogP contribution in [0.1, 0.15) is 38.2 Å². The van der Waals surface area contributed by atoms with Gasteiger partial charge in [0.25, 0.3) is 0 Å². The van der Waals surface area contributed by atoms with Gasteiger partial charge in [0.15, 0.2) is 0 Å². The second-order valence-electron chi connectivity index (χ2n) is 6.37. The molecule has 1 fully saturated rings. The zero-order valence-corrected chi connectivity index (χ0v) is 14.4. The Bertz CT molecular complexity index is 745. The maximum atomic E-state index is 11.6. The molecular formula is C18H21ClN2O2. The molecule has 0 aliphatic carbocycles. The van der Waals surface area contributed by atoms with Crippen LogP contribution >= 0.6 is 11.6 Å². The van der Waals surface area contributed by atoms with E-state index < -0.39 is 0 Å². The molecule has 0 radical (unpaired) electrons. The van der Waals surface area contributed by atoms with Crippen molar-refractivity contribution in [2.45, 2.75) is 38.6 Å². The number of nitrogens with zero attached hydrogens (tertiary/aromatic N) is 2. The third-order valence-electron chi connectivity index (χ3n) is 4.55. The lowest BCUT2D eigenvalue weighted by atomic mass is 9.97. The van der Waals surface area contributed by atoms with Crippen molar-refractivity contribution in [2.75, 3.05) is 13.7 Å². The van der Waals surface area contributed by atoms with Crippen molar-refractivity contribution in [3.05, 3.63) is 35.1 Å². The number of hydrogen-bond donors (Lipinski definition) is 0. The molecule has 122 valence electrons. The average Bonchev–Trinajstić information content (AvgIpc) is 2.83. The molecule has 1 saturated heterocycles. The van der Waals surface area contributed by atoms with E-state index in [0.29, 0.717) is 24.1 Å². The predicted octanol–water partition coefficient (Wildman–Crippen LogP) is 4.01. The number of likely N-dealkylation sites (tertiary alicyclic amines) is 1. The number of amides is 1. The second kappa shape index (κ2) is 6.36. The van der Waals surface area contributed by atoms with Gasteiger partial charge >= 0.3 is 0 Å². The molecule has 0 unspecified atom stereocenters. The predicted molar refractivity (Wildman–Crippen MR) is 92.1 cm³/mol. The fraction of sp³-hybridized carbons (Fsp3) is 0.444. The molecule has 4 nitrogen and oxygen atoms in total. The van der Waals surface area contributed by atoms with E-state index in [9.17, 15) is 4.79 Å². The molecule has 1 aromatic carbocycles. The number of fused-ring (bicyclic) bond motifs is 1. The summed E-state index contributed by atoms with van der Waals surface area (Å²) < 4.78 is 6.02. The maximum Gasteiger partial charge on any atom is 0.222 e. The van der Waals surface area contributed by atoms with Gasteiger partial charge in [-0.3, -0.25) is 4.79 Å². The van der Waals surface area contributed by atoms with Crippen LogP contribution in [-0.2, 0) is 4.79 Å². The molecule has 1 aromatic heterocycles. The van der Waals surface area contributed by atoms with Gasteiger partial charge in [0.2, 0.25) is 5.91 Å². The largest absolute Gasteiger partial charge is 0.491 e. The summed E-state index contributed by atoms with van der Waals surface area (Å²) in [6.07, 6.45) is 3.22. The SMILES string of the molecule is CC(C)c1ccc(OC[C@@H]2CCC(=O)N2C)c2cnc(Cl)cc12. The molecule has 0 bridgehead atoms. The number of halogens is 1. The molecular weight excluding hydrogens is 312 g/mol. The minimum absolute atomic E-state index is 0.141. The molecule has 0 N–H and O–H groups in total. The van der Waals surface area contributed by atoms with E-state index in [4.69, 9.17) is 16.3 Å². The lowest BCUT2D eigenvalue weighted by Gasteiger charge is -2.21. The maximum absolute atomic E-state index is 11.6. The first-order valence-corrected chi connectivity index (χ1v) is 8.31. The Morgan fingerprint density at radius 1 is 1.39 bits per heavy atom. The van der Waals surface area contributed by atoms with Crippen molar-refractivity contribution in [3.63, 3.8) is 0 Å². The fourth-order valence-corrected chi connectivity index (χ4v) is 3.24. The van der Waals surface area contributed by atoms with Gasteiger partial charge in [-0.05, 0) is 35.4 Å². The van der Waals surface area contributed by atoms with E-state index in [0.717, 1.165) is 22.9 Å². The molecule has 1 aliphatic rings. The first kappa shape index (κ1) is 16.1. The summed E-state index contributed by atoms with van der Waals surface area (Å²) in [4.78, 5) is 17.6. The number of carbonyl (C=O) groups is 1. The fourth-order valence-electron chi connectivity index (χ4n) is 3.08. The summed E-state index contributed by atoms with van der Waals surface area (Å²) in [6, 6.07) is 6.11. The van der Waals surface area contributed by atoms with Crippen molar-refractivity contribution < 1.29 is 9.53 Å². The Labute approximate surface area is 141 Å². The van der Waals surface area contributed by atoms with Crippen molar-refractivity contribution in [3.8, 4) is 5.75 Å². The van der Waals surface area contributed by atoms with Gasteiger partial charge in [0, 0.05) is 25.1 Å². The summed E-state index contributed by atoms with van der Waals surface area (Å²) in [5, 5.41) is 2.53. The number of ether oxygens (including phenoxy) is 1. The normalized spacial score (nSPS) is 18.2.